The van der Waals surface area contributed by atoms with Crippen LogP contribution >= 0.6 is 0 Å². The number of hydrogen-bond acceptors (Lipinski definition) is 2. The zero-order valence-electron chi connectivity index (χ0n) is 8.19. The quantitative estimate of drug-likeness (QED) is 0.592. The highest BCUT2D eigenvalue weighted by Crippen LogP contribution is 2.05. The Morgan fingerprint density at radius 3 is 2.57 bits per heavy atom. The van der Waals surface area contributed by atoms with Crippen LogP contribution in [0.5, 0.6) is 0 Å². The van der Waals surface area contributed by atoms with Gasteiger partial charge in [0.05, 0.1) is 6.61 Å². The lowest BCUT2D eigenvalue weighted by atomic mass is 10.1. The van der Waals surface area contributed by atoms with Gasteiger partial charge in [-0.25, -0.2) is 4.79 Å². The summed E-state index contributed by atoms with van der Waals surface area (Å²) in [5.41, 5.74) is 2.44. The van der Waals surface area contributed by atoms with Gasteiger partial charge in [0.1, 0.15) is 0 Å². The normalized spacial score (nSPS) is 9.79. The molecule has 0 atom stereocenters. The highest BCUT2D eigenvalue weighted by Gasteiger charge is 1.96. The molecule has 3 nitrogen and oxygen atoms in total. The van der Waals surface area contributed by atoms with Crippen molar-refractivity contribution in [3.05, 3.63) is 35.4 Å². The molecule has 0 bridgehead atoms. The third-order valence-corrected chi connectivity index (χ3v) is 1.96. The van der Waals surface area contributed by atoms with Gasteiger partial charge in [-0.3, -0.25) is 0 Å². The summed E-state index contributed by atoms with van der Waals surface area (Å²) in [6.45, 7) is 2.31. The molecule has 0 saturated heterocycles. The molecule has 0 unspecified atom stereocenters. The minimum absolute atomic E-state index is 0.267. The molecule has 1 N–H and O–H groups in total. The van der Waals surface area contributed by atoms with Gasteiger partial charge in [-0.05, 0) is 25.3 Å². The van der Waals surface area contributed by atoms with Crippen molar-refractivity contribution in [2.75, 3.05) is 6.61 Å². The van der Waals surface area contributed by atoms with Gasteiger partial charge < -0.3 is 9.84 Å². The Labute approximate surface area is 83.3 Å². The van der Waals surface area contributed by atoms with Crippen molar-refractivity contribution in [2.45, 2.75) is 19.8 Å². The summed E-state index contributed by atoms with van der Waals surface area (Å²) in [5.74, 6) is 0. The number of benzene rings is 1. The Kier molecular flexibility index (Phi) is 3.98. The summed E-state index contributed by atoms with van der Waals surface area (Å²) in [6, 6.07) is 8.20. The molecule has 76 valence electrons. The smallest absolute Gasteiger partial charge is 0.450 e. The molecule has 0 fully saturated rings. The number of rotatable bonds is 4. The summed E-state index contributed by atoms with van der Waals surface area (Å²) < 4.78 is 4.40. The van der Waals surface area contributed by atoms with E-state index in [1.54, 1.807) is 0 Å². The van der Waals surface area contributed by atoms with E-state index in [1.165, 1.54) is 11.1 Å². The molecule has 0 aromatic heterocycles. The SMILES string of the molecule is Cc1ccc(CCCOC(=O)O)cc1. The molecule has 1 rings (SSSR count). The maximum atomic E-state index is 10.0. The molecule has 0 heterocycles. The van der Waals surface area contributed by atoms with Crippen LogP contribution in [0.3, 0.4) is 0 Å². The molecule has 0 saturated carbocycles. The average Bonchev–Trinajstić information content (AvgIpc) is 2.15. The average molecular weight is 194 g/mol. The van der Waals surface area contributed by atoms with E-state index in [0.29, 0.717) is 0 Å². The molecule has 0 aliphatic rings. The number of hydrogen-bond donors (Lipinski definition) is 1. The third-order valence-electron chi connectivity index (χ3n) is 1.96. The van der Waals surface area contributed by atoms with Crippen molar-refractivity contribution < 1.29 is 14.6 Å². The van der Waals surface area contributed by atoms with E-state index in [9.17, 15) is 4.79 Å². The predicted octanol–water partition coefficient (Wildman–Crippen LogP) is 2.62. The van der Waals surface area contributed by atoms with E-state index in [1.807, 2.05) is 19.1 Å². The zero-order chi connectivity index (χ0) is 10.4. The van der Waals surface area contributed by atoms with E-state index >= 15 is 0 Å². The van der Waals surface area contributed by atoms with Gasteiger partial charge >= 0.3 is 6.16 Å². The summed E-state index contributed by atoms with van der Waals surface area (Å²) in [5, 5.41) is 8.22. The maximum Gasteiger partial charge on any atom is 0.505 e. The molecular formula is C11H14O3. The van der Waals surface area contributed by atoms with Crippen LogP contribution in [0.2, 0.25) is 0 Å². The lowest BCUT2D eigenvalue weighted by molar-refractivity contribution is 0.0907. The molecule has 14 heavy (non-hydrogen) atoms. The van der Waals surface area contributed by atoms with Crippen molar-refractivity contribution in [1.29, 1.82) is 0 Å². The van der Waals surface area contributed by atoms with Crippen LogP contribution in [-0.2, 0) is 11.2 Å². The van der Waals surface area contributed by atoms with Gasteiger partial charge in [0, 0.05) is 0 Å². The Morgan fingerprint density at radius 1 is 1.36 bits per heavy atom. The number of ether oxygens (including phenoxy) is 1. The molecule has 0 spiro atoms. The molecule has 3 heteroatoms. The zero-order valence-corrected chi connectivity index (χ0v) is 8.19. The molecule has 1 aromatic rings. The van der Waals surface area contributed by atoms with E-state index in [4.69, 9.17) is 5.11 Å². The van der Waals surface area contributed by atoms with Crippen LogP contribution in [-0.4, -0.2) is 17.9 Å². The first kappa shape index (κ1) is 10.6. The second kappa shape index (κ2) is 5.27. The van der Waals surface area contributed by atoms with E-state index < -0.39 is 6.16 Å². The van der Waals surface area contributed by atoms with Gasteiger partial charge in [0.2, 0.25) is 0 Å². The van der Waals surface area contributed by atoms with Crippen molar-refractivity contribution >= 4 is 6.16 Å². The molecule has 0 aliphatic heterocycles. The van der Waals surface area contributed by atoms with Gasteiger partial charge in [-0.2, -0.15) is 0 Å². The van der Waals surface area contributed by atoms with Gasteiger partial charge in [-0.15, -0.1) is 0 Å². The van der Waals surface area contributed by atoms with Crippen LogP contribution in [0, 0.1) is 6.92 Å². The topological polar surface area (TPSA) is 46.5 Å². The molecular weight excluding hydrogens is 180 g/mol. The Hall–Kier alpha value is -1.51. The minimum Gasteiger partial charge on any atom is -0.450 e. The standard InChI is InChI=1S/C11H14O3/c1-9-4-6-10(7-5-9)3-2-8-14-11(12)13/h4-7H,2-3,8H2,1H3,(H,12,13). The summed E-state index contributed by atoms with van der Waals surface area (Å²) in [7, 11) is 0. The van der Waals surface area contributed by atoms with Crippen molar-refractivity contribution in [3.8, 4) is 0 Å². The summed E-state index contributed by atoms with van der Waals surface area (Å²) in [6.07, 6.45) is 0.386. The number of carboxylic acid groups (broad SMARTS) is 1. The first-order valence-electron chi connectivity index (χ1n) is 4.60. The highest BCUT2D eigenvalue weighted by molar-refractivity contribution is 5.56. The number of carbonyl (C=O) groups is 1. The Morgan fingerprint density at radius 2 is 2.00 bits per heavy atom. The van der Waals surface area contributed by atoms with E-state index in [0.717, 1.165) is 12.8 Å². The lowest BCUT2D eigenvalue weighted by Gasteiger charge is -2.01. The Bertz CT molecular complexity index is 290. The van der Waals surface area contributed by atoms with Crippen molar-refractivity contribution in [2.24, 2.45) is 0 Å². The minimum atomic E-state index is -1.20. The maximum absolute atomic E-state index is 10.0. The number of aryl methyl sites for hydroxylation is 2. The van der Waals surface area contributed by atoms with Gasteiger partial charge in [-0.1, -0.05) is 29.8 Å². The van der Waals surface area contributed by atoms with Crippen LogP contribution in [0.25, 0.3) is 0 Å². The molecule has 0 radical (unpaired) electrons. The van der Waals surface area contributed by atoms with E-state index in [-0.39, 0.29) is 6.61 Å². The fourth-order valence-corrected chi connectivity index (χ4v) is 1.19. The lowest BCUT2D eigenvalue weighted by Crippen LogP contribution is -2.02. The second-order valence-electron chi connectivity index (χ2n) is 3.20. The first-order valence-corrected chi connectivity index (χ1v) is 4.60. The van der Waals surface area contributed by atoms with Crippen LogP contribution in [0.1, 0.15) is 17.5 Å². The van der Waals surface area contributed by atoms with Crippen LogP contribution in [0.15, 0.2) is 24.3 Å². The molecule has 1 aromatic carbocycles. The second-order valence-corrected chi connectivity index (χ2v) is 3.20. The fourth-order valence-electron chi connectivity index (χ4n) is 1.19. The van der Waals surface area contributed by atoms with Crippen molar-refractivity contribution in [3.63, 3.8) is 0 Å². The third kappa shape index (κ3) is 3.94. The largest absolute Gasteiger partial charge is 0.505 e. The van der Waals surface area contributed by atoms with Crippen LogP contribution in [0.4, 0.5) is 4.79 Å². The summed E-state index contributed by atoms with van der Waals surface area (Å²) >= 11 is 0. The Balaban J connectivity index is 2.25. The van der Waals surface area contributed by atoms with Crippen LogP contribution < -0.4 is 0 Å². The van der Waals surface area contributed by atoms with Crippen molar-refractivity contribution in [1.82, 2.24) is 0 Å². The summed E-state index contributed by atoms with van der Waals surface area (Å²) in [4.78, 5) is 10.0. The fraction of sp³-hybridized carbons (Fsp3) is 0.364. The molecule has 0 amide bonds. The van der Waals surface area contributed by atoms with Gasteiger partial charge in [0.15, 0.2) is 0 Å². The molecule has 0 aliphatic carbocycles. The highest BCUT2D eigenvalue weighted by atomic mass is 16.7. The first-order chi connectivity index (χ1) is 6.68. The monoisotopic (exact) mass is 194 g/mol. The van der Waals surface area contributed by atoms with E-state index in [2.05, 4.69) is 16.9 Å². The van der Waals surface area contributed by atoms with Gasteiger partial charge in [0.25, 0.3) is 0 Å². The predicted molar refractivity (Wildman–Crippen MR) is 53.5 cm³/mol.